The molecule has 1 amide bonds. The molecule has 1 aromatic carbocycles. The highest BCUT2D eigenvalue weighted by Crippen LogP contribution is 2.14. The van der Waals surface area contributed by atoms with Crippen LogP contribution in [0.5, 0.6) is 5.75 Å². The molecule has 0 spiro atoms. The van der Waals surface area contributed by atoms with E-state index in [9.17, 15) is 4.79 Å². The monoisotopic (exact) mass is 276 g/mol. The van der Waals surface area contributed by atoms with Crippen LogP contribution < -0.4 is 10.1 Å². The summed E-state index contributed by atoms with van der Waals surface area (Å²) in [4.78, 5) is 15.8. The van der Waals surface area contributed by atoms with Crippen LogP contribution >= 0.6 is 11.6 Å². The third kappa shape index (κ3) is 3.45. The number of hydrogen-bond donors (Lipinski definition) is 1. The normalized spacial score (nSPS) is 10.0. The van der Waals surface area contributed by atoms with Gasteiger partial charge in [-0.3, -0.25) is 4.79 Å². The molecule has 1 N–H and O–H groups in total. The van der Waals surface area contributed by atoms with Gasteiger partial charge < -0.3 is 10.1 Å². The van der Waals surface area contributed by atoms with Gasteiger partial charge in [-0.1, -0.05) is 23.7 Å². The number of aromatic nitrogens is 1. The fraction of sp³-hybridized carbons (Fsp3) is 0.143. The summed E-state index contributed by atoms with van der Waals surface area (Å²) in [6.07, 6.45) is 1.54. The Bertz CT molecular complexity index is 587. The predicted molar refractivity (Wildman–Crippen MR) is 73.4 cm³/mol. The maximum absolute atomic E-state index is 11.9. The summed E-state index contributed by atoms with van der Waals surface area (Å²) >= 11 is 5.86. The molecule has 98 valence electrons. The Morgan fingerprint density at radius 3 is 2.95 bits per heavy atom. The van der Waals surface area contributed by atoms with Crippen molar-refractivity contribution in [3.8, 4) is 5.75 Å². The lowest BCUT2D eigenvalue weighted by atomic mass is 10.2. The van der Waals surface area contributed by atoms with Gasteiger partial charge in [0.2, 0.25) is 0 Å². The number of nitrogens with one attached hydrogen (secondary N) is 1. The topological polar surface area (TPSA) is 51.2 Å². The van der Waals surface area contributed by atoms with Crippen LogP contribution in [0.2, 0.25) is 5.15 Å². The van der Waals surface area contributed by atoms with Crippen LogP contribution in [0.25, 0.3) is 0 Å². The molecule has 0 atom stereocenters. The molecule has 19 heavy (non-hydrogen) atoms. The van der Waals surface area contributed by atoms with E-state index >= 15 is 0 Å². The minimum Gasteiger partial charge on any atom is -0.497 e. The van der Waals surface area contributed by atoms with Crippen molar-refractivity contribution in [1.29, 1.82) is 0 Å². The van der Waals surface area contributed by atoms with Crippen LogP contribution in [0.15, 0.2) is 42.6 Å². The molecule has 0 aliphatic rings. The lowest BCUT2D eigenvalue weighted by molar-refractivity contribution is 0.0950. The number of halogens is 1. The van der Waals surface area contributed by atoms with E-state index in [1.807, 2.05) is 24.3 Å². The summed E-state index contributed by atoms with van der Waals surface area (Å²) in [6.45, 7) is 0.404. The highest BCUT2D eigenvalue weighted by atomic mass is 35.5. The van der Waals surface area contributed by atoms with Crippen LogP contribution in [0, 0.1) is 0 Å². The quantitative estimate of drug-likeness (QED) is 0.874. The Balaban J connectivity index is 2.02. The number of benzene rings is 1. The van der Waals surface area contributed by atoms with Gasteiger partial charge in [-0.15, -0.1) is 0 Å². The third-order valence-corrected chi connectivity index (χ3v) is 2.89. The summed E-state index contributed by atoms with van der Waals surface area (Å²) in [5, 5.41) is 2.99. The number of hydrogen-bond acceptors (Lipinski definition) is 3. The Hall–Kier alpha value is -2.07. The first-order valence-corrected chi connectivity index (χ1v) is 6.10. The standard InChI is InChI=1S/C14H13ClN2O2/c1-19-11-5-2-4-10(8-11)9-17-14(18)12-6-3-7-16-13(12)15/h2-8H,9H2,1H3,(H,17,18). The van der Waals surface area contributed by atoms with E-state index in [4.69, 9.17) is 16.3 Å². The van der Waals surface area contributed by atoms with E-state index in [0.717, 1.165) is 11.3 Å². The van der Waals surface area contributed by atoms with Gasteiger partial charge in [0.25, 0.3) is 5.91 Å². The zero-order chi connectivity index (χ0) is 13.7. The zero-order valence-electron chi connectivity index (χ0n) is 10.4. The molecule has 0 fully saturated rings. The second-order valence-corrected chi connectivity index (χ2v) is 4.23. The number of nitrogens with zero attached hydrogens (tertiary/aromatic N) is 1. The van der Waals surface area contributed by atoms with Gasteiger partial charge in [0.15, 0.2) is 0 Å². The molecule has 0 bridgehead atoms. The van der Waals surface area contributed by atoms with Gasteiger partial charge in [0.05, 0.1) is 12.7 Å². The van der Waals surface area contributed by atoms with E-state index in [0.29, 0.717) is 12.1 Å². The van der Waals surface area contributed by atoms with E-state index in [-0.39, 0.29) is 11.1 Å². The van der Waals surface area contributed by atoms with Crippen molar-refractivity contribution in [3.05, 3.63) is 58.9 Å². The molecule has 0 radical (unpaired) electrons. The van der Waals surface area contributed by atoms with Crippen molar-refractivity contribution >= 4 is 17.5 Å². The molecule has 0 unspecified atom stereocenters. The molecule has 1 heterocycles. The molecule has 2 rings (SSSR count). The molecule has 1 aromatic heterocycles. The smallest absolute Gasteiger partial charge is 0.254 e. The molecule has 2 aromatic rings. The Kier molecular flexibility index (Phi) is 4.36. The molecule has 0 aliphatic carbocycles. The van der Waals surface area contributed by atoms with Crippen LogP contribution in [-0.4, -0.2) is 18.0 Å². The van der Waals surface area contributed by atoms with E-state index in [2.05, 4.69) is 10.3 Å². The fourth-order valence-electron chi connectivity index (χ4n) is 1.62. The maximum Gasteiger partial charge on any atom is 0.254 e. The number of rotatable bonds is 4. The molecular formula is C14H13ClN2O2. The Labute approximate surface area is 116 Å². The second-order valence-electron chi connectivity index (χ2n) is 3.88. The van der Waals surface area contributed by atoms with Crippen LogP contribution in [0.4, 0.5) is 0 Å². The average molecular weight is 277 g/mol. The first kappa shape index (κ1) is 13.4. The highest BCUT2D eigenvalue weighted by Gasteiger charge is 2.10. The van der Waals surface area contributed by atoms with Crippen molar-refractivity contribution in [3.63, 3.8) is 0 Å². The minimum atomic E-state index is -0.249. The Morgan fingerprint density at radius 1 is 1.37 bits per heavy atom. The summed E-state index contributed by atoms with van der Waals surface area (Å²) in [7, 11) is 1.60. The van der Waals surface area contributed by atoms with Crippen LogP contribution in [0.3, 0.4) is 0 Å². The first-order valence-electron chi connectivity index (χ1n) is 5.72. The van der Waals surface area contributed by atoms with Gasteiger partial charge in [-0.2, -0.15) is 0 Å². The maximum atomic E-state index is 11.9. The molecule has 4 nitrogen and oxygen atoms in total. The van der Waals surface area contributed by atoms with E-state index in [1.54, 1.807) is 25.4 Å². The summed E-state index contributed by atoms with van der Waals surface area (Å²) in [6, 6.07) is 10.8. The molecular weight excluding hydrogens is 264 g/mol. The fourth-order valence-corrected chi connectivity index (χ4v) is 1.82. The lowest BCUT2D eigenvalue weighted by Crippen LogP contribution is -2.23. The van der Waals surface area contributed by atoms with Gasteiger partial charge in [0.1, 0.15) is 10.9 Å². The average Bonchev–Trinajstić information content (AvgIpc) is 2.45. The predicted octanol–water partition coefficient (Wildman–Crippen LogP) is 2.67. The van der Waals surface area contributed by atoms with Crippen molar-refractivity contribution < 1.29 is 9.53 Å². The van der Waals surface area contributed by atoms with Gasteiger partial charge in [-0.25, -0.2) is 4.98 Å². The molecule has 0 aliphatic heterocycles. The minimum absolute atomic E-state index is 0.200. The van der Waals surface area contributed by atoms with Crippen molar-refractivity contribution in [1.82, 2.24) is 10.3 Å². The number of amides is 1. The third-order valence-electron chi connectivity index (χ3n) is 2.59. The van der Waals surface area contributed by atoms with Gasteiger partial charge in [0, 0.05) is 12.7 Å². The molecule has 0 saturated carbocycles. The number of pyridine rings is 1. The highest BCUT2D eigenvalue weighted by molar-refractivity contribution is 6.32. The van der Waals surface area contributed by atoms with Crippen molar-refractivity contribution in [2.75, 3.05) is 7.11 Å². The van der Waals surface area contributed by atoms with Crippen LogP contribution in [-0.2, 0) is 6.54 Å². The number of methoxy groups -OCH3 is 1. The first-order chi connectivity index (χ1) is 9.20. The van der Waals surface area contributed by atoms with Crippen molar-refractivity contribution in [2.45, 2.75) is 6.54 Å². The largest absolute Gasteiger partial charge is 0.497 e. The van der Waals surface area contributed by atoms with E-state index in [1.165, 1.54) is 0 Å². The zero-order valence-corrected chi connectivity index (χ0v) is 11.1. The number of carbonyl (C=O) groups excluding carboxylic acids is 1. The van der Waals surface area contributed by atoms with Crippen LogP contribution in [0.1, 0.15) is 15.9 Å². The van der Waals surface area contributed by atoms with Gasteiger partial charge in [-0.05, 0) is 29.8 Å². The second kappa shape index (κ2) is 6.20. The molecule has 5 heteroatoms. The van der Waals surface area contributed by atoms with Crippen molar-refractivity contribution in [2.24, 2.45) is 0 Å². The summed E-state index contributed by atoms with van der Waals surface area (Å²) < 4.78 is 5.12. The number of carbonyl (C=O) groups is 1. The SMILES string of the molecule is COc1cccc(CNC(=O)c2cccnc2Cl)c1. The Morgan fingerprint density at radius 2 is 2.21 bits per heavy atom. The molecule has 0 saturated heterocycles. The van der Waals surface area contributed by atoms with E-state index < -0.39 is 0 Å². The van der Waals surface area contributed by atoms with Gasteiger partial charge >= 0.3 is 0 Å². The number of ether oxygens (including phenoxy) is 1. The summed E-state index contributed by atoms with van der Waals surface area (Å²) in [5.74, 6) is 0.507. The lowest BCUT2D eigenvalue weighted by Gasteiger charge is -2.07. The summed E-state index contributed by atoms with van der Waals surface area (Å²) in [5.41, 5.74) is 1.32.